The van der Waals surface area contributed by atoms with Crippen molar-refractivity contribution >= 4 is 7.12 Å². The summed E-state index contributed by atoms with van der Waals surface area (Å²) in [5.41, 5.74) is 5.51. The van der Waals surface area contributed by atoms with Crippen molar-refractivity contribution in [3.05, 3.63) is 59.4 Å². The maximum atomic E-state index is 14.5. The Morgan fingerprint density at radius 3 is 2.26 bits per heavy atom. The lowest BCUT2D eigenvalue weighted by Crippen LogP contribution is -2.56. The smallest absolute Gasteiger partial charge is 0.427 e. The Bertz CT molecular complexity index is 892. The number of rotatable bonds is 10. The molecule has 0 radical (unpaired) electrons. The van der Waals surface area contributed by atoms with Crippen LogP contribution in [0.1, 0.15) is 37.7 Å². The standard InChI is InChI=1S/C22H28BF3N2O3/c24-16-4-6-19(21(26)12-16)18-5-3-14(9-20(18)25)13-28-17-10-15(11-17)22(27,29)7-1-2-8-23(30)31/h3-6,9,12,15,17,28-31H,1-2,7-8,10-11,13,27H2. The van der Waals surface area contributed by atoms with E-state index in [0.717, 1.165) is 12.1 Å². The van der Waals surface area contributed by atoms with Crippen LogP contribution in [0, 0.1) is 23.4 Å². The Kier molecular flexibility index (Phi) is 7.77. The van der Waals surface area contributed by atoms with Crippen molar-refractivity contribution in [2.24, 2.45) is 11.7 Å². The maximum absolute atomic E-state index is 14.5. The van der Waals surface area contributed by atoms with Gasteiger partial charge in [0.05, 0.1) is 0 Å². The molecular formula is C22H28BF3N2O3. The van der Waals surface area contributed by atoms with E-state index in [1.54, 1.807) is 6.07 Å². The molecule has 0 bridgehead atoms. The van der Waals surface area contributed by atoms with Crippen molar-refractivity contribution in [2.75, 3.05) is 0 Å². The average Bonchev–Trinajstić information content (AvgIpc) is 2.64. The number of aliphatic hydroxyl groups is 1. The van der Waals surface area contributed by atoms with Crippen molar-refractivity contribution in [3.63, 3.8) is 0 Å². The summed E-state index contributed by atoms with van der Waals surface area (Å²) in [6.45, 7) is 0.415. The van der Waals surface area contributed by atoms with Gasteiger partial charge in [0.2, 0.25) is 0 Å². The number of nitrogens with two attached hydrogens (primary N) is 1. The summed E-state index contributed by atoms with van der Waals surface area (Å²) in [5.74, 6) is -2.16. The number of hydrogen-bond donors (Lipinski definition) is 5. The molecule has 1 unspecified atom stereocenters. The van der Waals surface area contributed by atoms with Crippen LogP contribution >= 0.6 is 0 Å². The quantitative estimate of drug-likeness (QED) is 0.224. The Hall–Kier alpha value is -1.91. The van der Waals surface area contributed by atoms with Crippen molar-refractivity contribution in [2.45, 2.75) is 56.7 Å². The number of unbranched alkanes of at least 4 members (excludes halogenated alkanes) is 1. The second-order valence-electron chi connectivity index (χ2n) is 8.40. The first-order valence-electron chi connectivity index (χ1n) is 10.5. The van der Waals surface area contributed by atoms with Gasteiger partial charge < -0.3 is 26.2 Å². The van der Waals surface area contributed by atoms with Gasteiger partial charge in [-0.3, -0.25) is 0 Å². The van der Waals surface area contributed by atoms with Crippen molar-refractivity contribution in [3.8, 4) is 11.1 Å². The molecule has 0 aliphatic heterocycles. The highest BCUT2D eigenvalue weighted by Gasteiger charge is 2.41. The molecule has 0 amide bonds. The molecule has 1 saturated carbocycles. The maximum Gasteiger partial charge on any atom is 0.451 e. The van der Waals surface area contributed by atoms with Crippen molar-refractivity contribution in [1.82, 2.24) is 5.32 Å². The summed E-state index contributed by atoms with van der Waals surface area (Å²) in [6.07, 6.45) is 3.22. The third-order valence-corrected chi connectivity index (χ3v) is 5.98. The summed E-state index contributed by atoms with van der Waals surface area (Å²) in [6, 6.07) is 7.69. The minimum absolute atomic E-state index is 0.0102. The summed E-state index contributed by atoms with van der Waals surface area (Å²) < 4.78 is 41.5. The molecule has 0 spiro atoms. The molecule has 3 rings (SSSR count). The van der Waals surface area contributed by atoms with Crippen LogP contribution in [0.25, 0.3) is 11.1 Å². The molecule has 2 aromatic rings. The Balaban J connectivity index is 1.47. The molecule has 5 nitrogen and oxygen atoms in total. The molecule has 31 heavy (non-hydrogen) atoms. The molecule has 1 fully saturated rings. The van der Waals surface area contributed by atoms with Gasteiger partial charge >= 0.3 is 7.12 Å². The van der Waals surface area contributed by atoms with E-state index in [9.17, 15) is 18.3 Å². The molecule has 1 atom stereocenters. The number of halogens is 3. The van der Waals surface area contributed by atoms with Gasteiger partial charge in [-0.1, -0.05) is 18.6 Å². The zero-order chi connectivity index (χ0) is 22.6. The number of hydrogen-bond acceptors (Lipinski definition) is 5. The van der Waals surface area contributed by atoms with E-state index in [1.165, 1.54) is 18.2 Å². The number of nitrogens with one attached hydrogen (secondary N) is 1. The molecule has 9 heteroatoms. The monoisotopic (exact) mass is 436 g/mol. The zero-order valence-electron chi connectivity index (χ0n) is 17.2. The van der Waals surface area contributed by atoms with Crippen LogP contribution < -0.4 is 11.1 Å². The summed E-state index contributed by atoms with van der Waals surface area (Å²) in [4.78, 5) is 0. The second kappa shape index (κ2) is 10.1. The van der Waals surface area contributed by atoms with Gasteiger partial charge in [-0.25, -0.2) is 13.2 Å². The lowest BCUT2D eigenvalue weighted by Gasteiger charge is -2.44. The predicted octanol–water partition coefficient (Wildman–Crippen LogP) is 2.93. The fourth-order valence-electron chi connectivity index (χ4n) is 3.99. The Morgan fingerprint density at radius 2 is 1.65 bits per heavy atom. The molecule has 1 aliphatic rings. The van der Waals surface area contributed by atoms with Crippen molar-refractivity contribution < 1.29 is 28.3 Å². The van der Waals surface area contributed by atoms with Crippen LogP contribution in [0.4, 0.5) is 13.2 Å². The predicted molar refractivity (Wildman–Crippen MR) is 113 cm³/mol. The van der Waals surface area contributed by atoms with Crippen LogP contribution in [0.15, 0.2) is 36.4 Å². The summed E-state index contributed by atoms with van der Waals surface area (Å²) in [7, 11) is -1.34. The van der Waals surface area contributed by atoms with Crippen LogP contribution in [-0.2, 0) is 6.54 Å². The Morgan fingerprint density at radius 1 is 1.00 bits per heavy atom. The summed E-state index contributed by atoms with van der Waals surface area (Å²) >= 11 is 0. The largest absolute Gasteiger partial charge is 0.451 e. The van der Waals surface area contributed by atoms with E-state index in [4.69, 9.17) is 15.8 Å². The highest BCUT2D eigenvalue weighted by atomic mass is 19.1. The normalized spacial score (nSPS) is 20.2. The highest BCUT2D eigenvalue weighted by Crippen LogP contribution is 2.37. The van der Waals surface area contributed by atoms with Crippen LogP contribution in [-0.4, -0.2) is 34.0 Å². The van der Waals surface area contributed by atoms with Crippen LogP contribution in [0.2, 0.25) is 6.32 Å². The van der Waals surface area contributed by atoms with E-state index in [0.29, 0.717) is 44.2 Å². The van der Waals surface area contributed by atoms with Gasteiger partial charge in [-0.15, -0.1) is 0 Å². The molecule has 1 aliphatic carbocycles. The molecule has 168 valence electrons. The lowest BCUT2D eigenvalue weighted by atomic mass is 9.72. The van der Waals surface area contributed by atoms with Gasteiger partial charge in [-0.2, -0.15) is 0 Å². The van der Waals surface area contributed by atoms with Gasteiger partial charge in [0.15, 0.2) is 0 Å². The fraction of sp³-hybridized carbons (Fsp3) is 0.455. The van der Waals surface area contributed by atoms with E-state index in [-0.39, 0.29) is 29.4 Å². The third-order valence-electron chi connectivity index (χ3n) is 5.98. The van der Waals surface area contributed by atoms with E-state index in [1.807, 2.05) is 0 Å². The van der Waals surface area contributed by atoms with E-state index in [2.05, 4.69) is 5.32 Å². The highest BCUT2D eigenvalue weighted by molar-refractivity contribution is 6.40. The van der Waals surface area contributed by atoms with E-state index >= 15 is 0 Å². The second-order valence-corrected chi connectivity index (χ2v) is 8.40. The van der Waals surface area contributed by atoms with E-state index < -0.39 is 30.3 Å². The SMILES string of the molecule is NC(O)(CCCCB(O)O)C1CC(NCc2ccc(-c3ccc(F)cc3F)c(F)c2)C1. The minimum Gasteiger partial charge on any atom is -0.427 e. The molecule has 0 heterocycles. The topological polar surface area (TPSA) is 98.7 Å². The zero-order valence-corrected chi connectivity index (χ0v) is 17.2. The third kappa shape index (κ3) is 6.30. The molecule has 0 aromatic heterocycles. The summed E-state index contributed by atoms with van der Waals surface area (Å²) in [5, 5.41) is 31.4. The first-order chi connectivity index (χ1) is 14.7. The molecular weight excluding hydrogens is 408 g/mol. The Labute approximate surface area is 180 Å². The number of benzene rings is 2. The molecule has 6 N–H and O–H groups in total. The van der Waals surface area contributed by atoms with Crippen molar-refractivity contribution in [1.29, 1.82) is 0 Å². The van der Waals surface area contributed by atoms with Gasteiger partial charge in [0, 0.05) is 35.7 Å². The first kappa shape index (κ1) is 23.8. The minimum atomic E-state index is -1.34. The first-order valence-corrected chi connectivity index (χ1v) is 10.5. The van der Waals surface area contributed by atoms with Gasteiger partial charge in [-0.05, 0) is 55.8 Å². The van der Waals surface area contributed by atoms with Crippen LogP contribution in [0.5, 0.6) is 0 Å². The molecule has 2 aromatic carbocycles. The molecule has 0 saturated heterocycles. The fourth-order valence-corrected chi connectivity index (χ4v) is 3.99. The average molecular weight is 436 g/mol. The van der Waals surface area contributed by atoms with Gasteiger partial charge in [0.1, 0.15) is 23.2 Å². The van der Waals surface area contributed by atoms with Crippen LogP contribution in [0.3, 0.4) is 0 Å². The van der Waals surface area contributed by atoms with Gasteiger partial charge in [0.25, 0.3) is 0 Å². The lowest BCUT2D eigenvalue weighted by molar-refractivity contribution is -0.0647.